The van der Waals surface area contributed by atoms with Crippen molar-refractivity contribution in [2.24, 2.45) is 0 Å². The fourth-order valence-electron chi connectivity index (χ4n) is 1.60. The Hall–Kier alpha value is -0.600. The van der Waals surface area contributed by atoms with Gasteiger partial charge in [0, 0.05) is 5.02 Å². The van der Waals surface area contributed by atoms with Gasteiger partial charge in [0.1, 0.15) is 0 Å². The summed E-state index contributed by atoms with van der Waals surface area (Å²) in [5.41, 5.74) is 0.658. The van der Waals surface area contributed by atoms with E-state index in [4.69, 9.17) is 20.6 Å². The van der Waals surface area contributed by atoms with Crippen LogP contribution in [0.1, 0.15) is 26.3 Å². The van der Waals surface area contributed by atoms with Crippen molar-refractivity contribution in [1.29, 1.82) is 0 Å². The molecule has 1 atom stereocenters. The van der Waals surface area contributed by atoms with Crippen LogP contribution in [0.4, 0.5) is 0 Å². The van der Waals surface area contributed by atoms with Crippen LogP contribution in [0.25, 0.3) is 6.08 Å². The van der Waals surface area contributed by atoms with Crippen molar-refractivity contribution in [3.05, 3.63) is 40.9 Å². The molecular weight excluding hydrogens is 283 g/mol. The molecule has 0 bridgehead atoms. The van der Waals surface area contributed by atoms with Crippen molar-refractivity contribution in [2.45, 2.75) is 26.4 Å². The molecule has 0 aliphatic carbocycles. The van der Waals surface area contributed by atoms with Gasteiger partial charge in [0.2, 0.25) is 0 Å². The summed E-state index contributed by atoms with van der Waals surface area (Å²) in [7, 11) is -3.08. The average molecular weight is 303 g/mol. The van der Waals surface area contributed by atoms with E-state index in [1.165, 1.54) is 0 Å². The fraction of sp³-hybridized carbons (Fsp3) is 0.429. The van der Waals surface area contributed by atoms with Gasteiger partial charge in [-0.2, -0.15) is 0 Å². The maximum absolute atomic E-state index is 12.5. The molecule has 0 saturated carbocycles. The zero-order valence-corrected chi connectivity index (χ0v) is 13.2. The minimum Gasteiger partial charge on any atom is -0.308 e. The van der Waals surface area contributed by atoms with Crippen molar-refractivity contribution in [2.75, 3.05) is 13.2 Å². The third-order valence-electron chi connectivity index (χ3n) is 2.53. The highest BCUT2D eigenvalue weighted by atomic mass is 35.5. The lowest BCUT2D eigenvalue weighted by atomic mass is 10.2. The van der Waals surface area contributed by atoms with Crippen LogP contribution in [-0.2, 0) is 13.6 Å². The average Bonchev–Trinajstić information content (AvgIpc) is 2.36. The zero-order chi connectivity index (χ0) is 14.3. The van der Waals surface area contributed by atoms with Gasteiger partial charge in [-0.15, -0.1) is 0 Å². The SMILES string of the molecule is CCOP(=O)(OCC)C(C)C=Cc1cccc(Cl)c1. The number of allylic oxidation sites excluding steroid dienone is 1. The Morgan fingerprint density at radius 1 is 1.32 bits per heavy atom. The number of halogens is 1. The molecule has 3 nitrogen and oxygen atoms in total. The standard InChI is InChI=1S/C14H20ClO3P/c1-4-17-19(16,18-5-2)12(3)9-10-13-7-6-8-14(15)11-13/h6-12H,4-5H2,1-3H3. The predicted octanol–water partition coefficient (Wildman–Crippen LogP) is 5.01. The Balaban J connectivity index is 2.81. The monoisotopic (exact) mass is 302 g/mol. The lowest BCUT2D eigenvalue weighted by Crippen LogP contribution is -2.07. The summed E-state index contributed by atoms with van der Waals surface area (Å²) < 4.78 is 23.1. The predicted molar refractivity (Wildman–Crippen MR) is 80.8 cm³/mol. The van der Waals surface area contributed by atoms with Gasteiger partial charge in [0.15, 0.2) is 0 Å². The van der Waals surface area contributed by atoms with Gasteiger partial charge >= 0.3 is 7.60 Å². The van der Waals surface area contributed by atoms with Crippen molar-refractivity contribution < 1.29 is 13.6 Å². The van der Waals surface area contributed by atoms with Crippen LogP contribution >= 0.6 is 19.2 Å². The van der Waals surface area contributed by atoms with Crippen LogP contribution in [-0.4, -0.2) is 18.9 Å². The first-order valence-electron chi connectivity index (χ1n) is 6.34. The van der Waals surface area contributed by atoms with Crippen LogP contribution in [0.5, 0.6) is 0 Å². The molecule has 0 aliphatic rings. The molecular formula is C14H20ClO3P. The van der Waals surface area contributed by atoms with Crippen molar-refractivity contribution >= 4 is 25.3 Å². The molecule has 0 aromatic heterocycles. The molecule has 0 amide bonds. The Morgan fingerprint density at radius 2 is 1.95 bits per heavy atom. The van der Waals surface area contributed by atoms with Gasteiger partial charge in [0.25, 0.3) is 0 Å². The van der Waals surface area contributed by atoms with E-state index in [1.807, 2.05) is 43.3 Å². The van der Waals surface area contributed by atoms with Crippen LogP contribution in [0.3, 0.4) is 0 Å². The zero-order valence-electron chi connectivity index (χ0n) is 11.5. The Kier molecular flexibility index (Phi) is 6.81. The Morgan fingerprint density at radius 3 is 2.47 bits per heavy atom. The highest BCUT2D eigenvalue weighted by Gasteiger charge is 2.29. The van der Waals surface area contributed by atoms with Gasteiger partial charge < -0.3 is 9.05 Å². The normalized spacial score (nSPS) is 13.9. The first kappa shape index (κ1) is 16.5. The van der Waals surface area contributed by atoms with Gasteiger partial charge in [-0.3, -0.25) is 4.57 Å². The number of rotatable bonds is 7. The summed E-state index contributed by atoms with van der Waals surface area (Å²) in [6, 6.07) is 7.46. The molecule has 0 radical (unpaired) electrons. The second kappa shape index (κ2) is 7.86. The summed E-state index contributed by atoms with van der Waals surface area (Å²) in [6.07, 6.45) is 3.71. The molecule has 1 rings (SSSR count). The van der Waals surface area contributed by atoms with E-state index in [0.29, 0.717) is 18.2 Å². The molecule has 1 aromatic carbocycles. The highest BCUT2D eigenvalue weighted by Crippen LogP contribution is 2.53. The minimum atomic E-state index is -3.08. The molecule has 0 fully saturated rings. The summed E-state index contributed by atoms with van der Waals surface area (Å²) in [5, 5.41) is 0.674. The van der Waals surface area contributed by atoms with Gasteiger partial charge in [-0.1, -0.05) is 35.9 Å². The first-order valence-corrected chi connectivity index (χ1v) is 8.33. The molecule has 1 unspecified atom stereocenters. The maximum Gasteiger partial charge on any atom is 0.337 e. The van der Waals surface area contributed by atoms with E-state index >= 15 is 0 Å². The van der Waals surface area contributed by atoms with Gasteiger partial charge in [-0.25, -0.2) is 0 Å². The fourth-order valence-corrected chi connectivity index (χ4v) is 3.36. The molecule has 0 spiro atoms. The molecule has 19 heavy (non-hydrogen) atoms. The third-order valence-corrected chi connectivity index (χ3v) is 5.17. The second-order valence-corrected chi connectivity index (χ2v) is 6.88. The Labute approximate surface area is 120 Å². The van der Waals surface area contributed by atoms with E-state index in [2.05, 4.69) is 0 Å². The number of hydrogen-bond acceptors (Lipinski definition) is 3. The van der Waals surface area contributed by atoms with Crippen LogP contribution in [0.15, 0.2) is 30.3 Å². The Bertz CT molecular complexity index is 464. The molecule has 106 valence electrons. The molecule has 1 aromatic rings. The number of hydrogen-bond donors (Lipinski definition) is 0. The highest BCUT2D eigenvalue weighted by molar-refractivity contribution is 7.54. The van der Waals surface area contributed by atoms with Gasteiger partial charge in [0.05, 0.1) is 18.9 Å². The third kappa shape index (κ3) is 5.12. The quantitative estimate of drug-likeness (QED) is 0.664. The van der Waals surface area contributed by atoms with E-state index in [0.717, 1.165) is 5.56 Å². The van der Waals surface area contributed by atoms with Crippen LogP contribution in [0.2, 0.25) is 5.02 Å². The van der Waals surface area contributed by atoms with Crippen molar-refractivity contribution in [3.8, 4) is 0 Å². The van der Waals surface area contributed by atoms with E-state index in [9.17, 15) is 4.57 Å². The number of benzene rings is 1. The summed E-state index contributed by atoms with van der Waals surface area (Å²) in [4.78, 5) is 0. The van der Waals surface area contributed by atoms with Crippen molar-refractivity contribution in [1.82, 2.24) is 0 Å². The molecule has 0 aliphatic heterocycles. The lowest BCUT2D eigenvalue weighted by Gasteiger charge is -2.20. The smallest absolute Gasteiger partial charge is 0.308 e. The largest absolute Gasteiger partial charge is 0.337 e. The van der Waals surface area contributed by atoms with Gasteiger partial charge in [-0.05, 0) is 38.5 Å². The molecule has 5 heteroatoms. The van der Waals surface area contributed by atoms with Crippen LogP contribution < -0.4 is 0 Å². The summed E-state index contributed by atoms with van der Waals surface area (Å²) >= 11 is 5.91. The molecule has 0 saturated heterocycles. The summed E-state index contributed by atoms with van der Waals surface area (Å²) in [5.74, 6) is 0. The minimum absolute atomic E-state index is 0.300. The topological polar surface area (TPSA) is 35.5 Å². The van der Waals surface area contributed by atoms with Crippen molar-refractivity contribution in [3.63, 3.8) is 0 Å². The maximum atomic E-state index is 12.5. The van der Waals surface area contributed by atoms with Crippen LogP contribution in [0, 0.1) is 0 Å². The molecule has 0 heterocycles. The van der Waals surface area contributed by atoms with E-state index in [1.54, 1.807) is 13.8 Å². The first-order chi connectivity index (χ1) is 9.01. The van der Waals surface area contributed by atoms with E-state index in [-0.39, 0.29) is 5.66 Å². The summed E-state index contributed by atoms with van der Waals surface area (Å²) in [6.45, 7) is 6.17. The second-order valence-electron chi connectivity index (χ2n) is 4.03. The molecule has 0 N–H and O–H groups in total. The van der Waals surface area contributed by atoms with E-state index < -0.39 is 7.60 Å². The lowest BCUT2D eigenvalue weighted by molar-refractivity contribution is 0.217.